The summed E-state index contributed by atoms with van der Waals surface area (Å²) in [6, 6.07) is 8.85. The molecule has 0 aliphatic carbocycles. The van der Waals surface area contributed by atoms with Crippen LogP contribution in [0.1, 0.15) is 12.0 Å². The molecule has 30 heavy (non-hydrogen) atoms. The maximum Gasteiger partial charge on any atom is 0.243 e. The van der Waals surface area contributed by atoms with Gasteiger partial charge in [-0.25, -0.2) is 18.4 Å². The third-order valence-corrected chi connectivity index (χ3v) is 8.75. The normalized spacial score (nSPS) is 16.0. The number of thiophene rings is 1. The zero-order valence-electron chi connectivity index (χ0n) is 16.5. The lowest BCUT2D eigenvalue weighted by atomic mass is 10.2. The maximum absolute atomic E-state index is 12.9. The monoisotopic (exact) mass is 462 g/mol. The Morgan fingerprint density at radius 1 is 1.10 bits per heavy atom. The molecule has 0 saturated carbocycles. The van der Waals surface area contributed by atoms with Crippen LogP contribution in [0.2, 0.25) is 0 Å². The van der Waals surface area contributed by atoms with Crippen molar-refractivity contribution in [3.05, 3.63) is 47.6 Å². The lowest BCUT2D eigenvalue weighted by molar-refractivity contribution is -0.128. The third-order valence-electron chi connectivity index (χ3n) is 5.02. The SMILES string of the molecule is Cc1ccc(S(=O)(=O)N2CCCN(C(=O)CSc3ncnc4sccc34)CC2)cc1. The van der Waals surface area contributed by atoms with Gasteiger partial charge in [0.25, 0.3) is 0 Å². The number of carbonyl (C=O) groups is 1. The van der Waals surface area contributed by atoms with E-state index in [0.29, 0.717) is 37.5 Å². The summed E-state index contributed by atoms with van der Waals surface area (Å²) < 4.78 is 27.4. The number of benzene rings is 1. The van der Waals surface area contributed by atoms with Crippen molar-refractivity contribution in [1.29, 1.82) is 0 Å². The van der Waals surface area contributed by atoms with E-state index in [9.17, 15) is 13.2 Å². The zero-order valence-corrected chi connectivity index (χ0v) is 19.0. The van der Waals surface area contributed by atoms with Crippen LogP contribution in [0.25, 0.3) is 10.2 Å². The number of fused-ring (bicyclic) bond motifs is 1. The average Bonchev–Trinajstić information content (AvgIpc) is 3.08. The van der Waals surface area contributed by atoms with Gasteiger partial charge in [-0.05, 0) is 36.9 Å². The van der Waals surface area contributed by atoms with Gasteiger partial charge < -0.3 is 4.90 Å². The molecule has 3 aromatic rings. The second-order valence-corrected chi connectivity index (χ2v) is 10.9. The van der Waals surface area contributed by atoms with Crippen molar-refractivity contribution in [2.24, 2.45) is 0 Å². The minimum absolute atomic E-state index is 0.00317. The summed E-state index contributed by atoms with van der Waals surface area (Å²) in [4.78, 5) is 24.2. The lowest BCUT2D eigenvalue weighted by Gasteiger charge is -2.22. The number of hydrogen-bond donors (Lipinski definition) is 0. The van der Waals surface area contributed by atoms with Crippen LogP contribution in [0.3, 0.4) is 0 Å². The molecule has 4 rings (SSSR count). The van der Waals surface area contributed by atoms with Gasteiger partial charge in [-0.2, -0.15) is 4.31 Å². The molecule has 1 amide bonds. The summed E-state index contributed by atoms with van der Waals surface area (Å²) in [5, 5.41) is 3.72. The molecule has 2 aromatic heterocycles. The van der Waals surface area contributed by atoms with Gasteiger partial charge in [-0.15, -0.1) is 11.3 Å². The molecule has 10 heteroatoms. The fourth-order valence-electron chi connectivity index (χ4n) is 3.35. The van der Waals surface area contributed by atoms with Gasteiger partial charge in [0.2, 0.25) is 15.9 Å². The van der Waals surface area contributed by atoms with Crippen LogP contribution in [-0.4, -0.2) is 65.4 Å². The third kappa shape index (κ3) is 4.51. The first-order valence-corrected chi connectivity index (χ1v) is 12.9. The summed E-state index contributed by atoms with van der Waals surface area (Å²) in [5.41, 5.74) is 1.02. The van der Waals surface area contributed by atoms with E-state index >= 15 is 0 Å². The smallest absolute Gasteiger partial charge is 0.243 e. The quantitative estimate of drug-likeness (QED) is 0.428. The van der Waals surface area contributed by atoms with E-state index in [1.165, 1.54) is 22.4 Å². The van der Waals surface area contributed by atoms with Crippen molar-refractivity contribution >= 4 is 49.2 Å². The molecule has 0 unspecified atom stereocenters. The first-order chi connectivity index (χ1) is 14.4. The lowest BCUT2D eigenvalue weighted by Crippen LogP contribution is -2.38. The molecule has 1 saturated heterocycles. The highest BCUT2D eigenvalue weighted by Gasteiger charge is 2.28. The summed E-state index contributed by atoms with van der Waals surface area (Å²) >= 11 is 2.95. The number of amides is 1. The minimum Gasteiger partial charge on any atom is -0.341 e. The van der Waals surface area contributed by atoms with Gasteiger partial charge in [-0.1, -0.05) is 29.5 Å². The summed E-state index contributed by atoms with van der Waals surface area (Å²) in [6.45, 7) is 3.58. The molecule has 0 atom stereocenters. The number of hydrogen-bond acceptors (Lipinski definition) is 7. The molecule has 3 heterocycles. The summed E-state index contributed by atoms with van der Waals surface area (Å²) in [6.07, 6.45) is 2.13. The van der Waals surface area contributed by atoms with Gasteiger partial charge in [0, 0.05) is 31.6 Å². The summed E-state index contributed by atoms with van der Waals surface area (Å²) in [7, 11) is -3.55. The molecular formula is C20H22N4O3S3. The average molecular weight is 463 g/mol. The molecule has 1 fully saturated rings. The van der Waals surface area contributed by atoms with Crippen molar-refractivity contribution in [3.63, 3.8) is 0 Å². The van der Waals surface area contributed by atoms with E-state index in [1.54, 1.807) is 40.5 Å². The predicted octanol–water partition coefficient (Wildman–Crippen LogP) is 3.02. The van der Waals surface area contributed by atoms with Gasteiger partial charge in [0.15, 0.2) is 0 Å². The van der Waals surface area contributed by atoms with Gasteiger partial charge in [-0.3, -0.25) is 4.79 Å². The van der Waals surface area contributed by atoms with Gasteiger partial charge in [0.05, 0.1) is 10.6 Å². The van der Waals surface area contributed by atoms with Gasteiger partial charge >= 0.3 is 0 Å². The van der Waals surface area contributed by atoms with Crippen LogP contribution < -0.4 is 0 Å². The number of thioether (sulfide) groups is 1. The van der Waals surface area contributed by atoms with E-state index in [0.717, 1.165) is 20.8 Å². The Kier molecular flexibility index (Phi) is 6.37. The molecule has 0 radical (unpaired) electrons. The van der Waals surface area contributed by atoms with Gasteiger partial charge in [0.1, 0.15) is 16.2 Å². The highest BCUT2D eigenvalue weighted by Crippen LogP contribution is 2.28. The maximum atomic E-state index is 12.9. The second-order valence-electron chi connectivity index (χ2n) is 7.06. The Morgan fingerprint density at radius 2 is 1.90 bits per heavy atom. The van der Waals surface area contributed by atoms with Crippen LogP contribution in [0.4, 0.5) is 0 Å². The fraction of sp³-hybridized carbons (Fsp3) is 0.350. The van der Waals surface area contributed by atoms with Crippen molar-refractivity contribution in [1.82, 2.24) is 19.2 Å². The topological polar surface area (TPSA) is 83.5 Å². The van der Waals surface area contributed by atoms with Crippen LogP contribution in [0, 0.1) is 6.92 Å². The second kappa shape index (κ2) is 9.01. The Morgan fingerprint density at radius 3 is 2.70 bits per heavy atom. The van der Waals surface area contributed by atoms with Crippen LogP contribution in [0.15, 0.2) is 52.0 Å². The number of aromatic nitrogens is 2. The molecule has 0 bridgehead atoms. The van der Waals surface area contributed by atoms with Crippen molar-refractivity contribution in [2.45, 2.75) is 23.3 Å². The standard InChI is InChI=1S/C20H22N4O3S3/c1-15-3-5-16(6-4-15)30(26,27)24-9-2-8-23(10-11-24)18(25)13-29-20-17-7-12-28-19(17)21-14-22-20/h3-7,12,14H,2,8-11,13H2,1H3. The van der Waals surface area contributed by atoms with Crippen molar-refractivity contribution in [3.8, 4) is 0 Å². The molecule has 1 aromatic carbocycles. The first kappa shape index (κ1) is 21.2. The van der Waals surface area contributed by atoms with Crippen LogP contribution >= 0.6 is 23.1 Å². The van der Waals surface area contributed by atoms with E-state index in [4.69, 9.17) is 0 Å². The molecule has 158 valence electrons. The van der Waals surface area contributed by atoms with Crippen LogP contribution in [0.5, 0.6) is 0 Å². The molecule has 1 aliphatic heterocycles. The van der Waals surface area contributed by atoms with Crippen LogP contribution in [-0.2, 0) is 14.8 Å². The number of carbonyl (C=O) groups excluding carboxylic acids is 1. The minimum atomic E-state index is -3.55. The number of sulfonamides is 1. The first-order valence-electron chi connectivity index (χ1n) is 9.61. The predicted molar refractivity (Wildman–Crippen MR) is 119 cm³/mol. The Hall–Kier alpha value is -2.01. The van der Waals surface area contributed by atoms with E-state index in [-0.39, 0.29) is 11.7 Å². The summed E-state index contributed by atoms with van der Waals surface area (Å²) in [5.74, 6) is 0.267. The number of aryl methyl sites for hydroxylation is 1. The number of nitrogens with zero attached hydrogens (tertiary/aromatic N) is 4. The van der Waals surface area contributed by atoms with Crippen molar-refractivity contribution < 1.29 is 13.2 Å². The Bertz CT molecular complexity index is 1150. The Balaban J connectivity index is 1.38. The number of rotatable bonds is 5. The molecule has 7 nitrogen and oxygen atoms in total. The van der Waals surface area contributed by atoms with E-state index in [1.807, 2.05) is 18.4 Å². The Labute approximate surface area is 184 Å². The van der Waals surface area contributed by atoms with Crippen molar-refractivity contribution in [2.75, 3.05) is 31.9 Å². The molecule has 0 spiro atoms. The molecule has 1 aliphatic rings. The largest absolute Gasteiger partial charge is 0.341 e. The van der Waals surface area contributed by atoms with E-state index < -0.39 is 10.0 Å². The highest BCUT2D eigenvalue weighted by molar-refractivity contribution is 8.00. The highest BCUT2D eigenvalue weighted by atomic mass is 32.2. The molecular weight excluding hydrogens is 440 g/mol. The fourth-order valence-corrected chi connectivity index (χ4v) is 6.50. The molecule has 0 N–H and O–H groups in total. The van der Waals surface area contributed by atoms with E-state index in [2.05, 4.69) is 9.97 Å². The zero-order chi connectivity index (χ0) is 21.1.